The lowest BCUT2D eigenvalue weighted by molar-refractivity contribution is -0.00815. The van der Waals surface area contributed by atoms with Crippen LogP contribution in [0.15, 0.2) is 12.3 Å². The van der Waals surface area contributed by atoms with E-state index in [0.717, 1.165) is 6.54 Å². The summed E-state index contributed by atoms with van der Waals surface area (Å²) >= 11 is 6.02. The van der Waals surface area contributed by atoms with Gasteiger partial charge in [0.1, 0.15) is 5.82 Å². The summed E-state index contributed by atoms with van der Waals surface area (Å²) in [6.07, 6.45) is 1.47. The Hall–Kier alpha value is -1.33. The molecule has 2 N–H and O–H groups in total. The first kappa shape index (κ1) is 16.7. The molecule has 1 heterocycles. The Bertz CT molecular complexity index is 464. The lowest BCUT2D eigenvalue weighted by atomic mass is 10.1. The molecule has 1 amide bonds. The van der Waals surface area contributed by atoms with Gasteiger partial charge in [-0.25, -0.2) is 4.98 Å². The average molecular weight is 300 g/mol. The molecule has 0 saturated heterocycles. The maximum absolute atomic E-state index is 12.2. The van der Waals surface area contributed by atoms with Crippen molar-refractivity contribution in [3.8, 4) is 0 Å². The van der Waals surface area contributed by atoms with Gasteiger partial charge in [-0.15, -0.1) is 0 Å². The molecule has 0 radical (unpaired) electrons. The van der Waals surface area contributed by atoms with Gasteiger partial charge < -0.3 is 15.4 Å². The first-order valence-corrected chi connectivity index (χ1v) is 7.09. The molecule has 1 aromatic rings. The first-order chi connectivity index (χ1) is 9.39. The molecule has 0 saturated carbocycles. The molecule has 5 nitrogen and oxygen atoms in total. The van der Waals surface area contributed by atoms with Crippen LogP contribution in [-0.2, 0) is 4.74 Å². The second-order valence-electron chi connectivity index (χ2n) is 4.96. The van der Waals surface area contributed by atoms with Crippen molar-refractivity contribution in [2.75, 3.05) is 25.0 Å². The molecule has 1 rings (SSSR count). The van der Waals surface area contributed by atoms with Crippen molar-refractivity contribution < 1.29 is 9.53 Å². The molecule has 0 atom stereocenters. The summed E-state index contributed by atoms with van der Waals surface area (Å²) in [5.41, 5.74) is -0.000990. The Balaban J connectivity index is 2.74. The lowest BCUT2D eigenvalue weighted by Crippen LogP contribution is -2.40. The van der Waals surface area contributed by atoms with Crippen molar-refractivity contribution in [1.29, 1.82) is 0 Å². The van der Waals surface area contributed by atoms with Gasteiger partial charge in [-0.3, -0.25) is 4.79 Å². The van der Waals surface area contributed by atoms with Crippen molar-refractivity contribution in [2.45, 2.75) is 33.3 Å². The number of carbonyl (C=O) groups is 1. The number of pyridine rings is 1. The van der Waals surface area contributed by atoms with Gasteiger partial charge in [0.15, 0.2) is 0 Å². The van der Waals surface area contributed by atoms with E-state index in [1.54, 1.807) is 6.07 Å². The number of hydrogen-bond donors (Lipinski definition) is 2. The summed E-state index contributed by atoms with van der Waals surface area (Å²) in [5.74, 6) is 0.399. The topological polar surface area (TPSA) is 63.2 Å². The van der Waals surface area contributed by atoms with Crippen LogP contribution >= 0.6 is 11.6 Å². The van der Waals surface area contributed by atoms with E-state index in [9.17, 15) is 4.79 Å². The van der Waals surface area contributed by atoms with E-state index in [2.05, 4.69) is 15.6 Å². The van der Waals surface area contributed by atoms with Gasteiger partial charge in [-0.1, -0.05) is 11.6 Å². The Labute approximate surface area is 125 Å². The van der Waals surface area contributed by atoms with Crippen molar-refractivity contribution in [3.63, 3.8) is 0 Å². The second kappa shape index (κ2) is 7.45. The van der Waals surface area contributed by atoms with E-state index >= 15 is 0 Å². The molecule has 0 bridgehead atoms. The number of rotatable bonds is 7. The predicted octanol–water partition coefficient (Wildman–Crippen LogP) is 2.71. The van der Waals surface area contributed by atoms with Gasteiger partial charge in [0.2, 0.25) is 0 Å². The third kappa shape index (κ3) is 4.98. The Morgan fingerprint density at radius 3 is 2.75 bits per heavy atom. The summed E-state index contributed by atoms with van der Waals surface area (Å²) in [7, 11) is 0. The fraction of sp³-hybridized carbons (Fsp3) is 0.571. The van der Waals surface area contributed by atoms with Gasteiger partial charge in [0.25, 0.3) is 5.91 Å². The van der Waals surface area contributed by atoms with Crippen LogP contribution in [0.3, 0.4) is 0 Å². The molecular weight excluding hydrogens is 278 g/mol. The number of hydrogen-bond acceptors (Lipinski definition) is 4. The predicted molar refractivity (Wildman–Crippen MR) is 81.4 cm³/mol. The van der Waals surface area contributed by atoms with Crippen LogP contribution in [-0.4, -0.2) is 36.2 Å². The van der Waals surface area contributed by atoms with E-state index in [-0.39, 0.29) is 5.91 Å². The smallest absolute Gasteiger partial charge is 0.253 e. The average Bonchev–Trinajstić information content (AvgIpc) is 2.38. The van der Waals surface area contributed by atoms with Crippen LogP contribution in [0.2, 0.25) is 5.02 Å². The van der Waals surface area contributed by atoms with Gasteiger partial charge in [-0.2, -0.15) is 0 Å². The number of ether oxygens (including phenoxy) is 1. The summed E-state index contributed by atoms with van der Waals surface area (Å²) in [5, 5.41) is 6.21. The molecule has 0 aliphatic heterocycles. The van der Waals surface area contributed by atoms with Crippen molar-refractivity contribution in [2.24, 2.45) is 0 Å². The minimum atomic E-state index is -0.408. The normalized spacial score (nSPS) is 11.2. The molecule has 20 heavy (non-hydrogen) atoms. The van der Waals surface area contributed by atoms with Gasteiger partial charge >= 0.3 is 0 Å². The Kier molecular flexibility index (Phi) is 6.23. The molecule has 1 aromatic heterocycles. The highest BCUT2D eigenvalue weighted by Gasteiger charge is 2.20. The summed E-state index contributed by atoms with van der Waals surface area (Å²) in [6, 6.07) is 1.65. The van der Waals surface area contributed by atoms with Crippen LogP contribution in [0.5, 0.6) is 0 Å². The third-order valence-corrected chi connectivity index (χ3v) is 2.97. The zero-order valence-electron chi connectivity index (χ0n) is 12.4. The fourth-order valence-electron chi connectivity index (χ4n) is 1.72. The van der Waals surface area contributed by atoms with Gasteiger partial charge in [0, 0.05) is 25.9 Å². The highest BCUT2D eigenvalue weighted by atomic mass is 35.5. The van der Waals surface area contributed by atoms with Crippen LogP contribution in [0, 0.1) is 0 Å². The molecule has 0 aliphatic rings. The van der Waals surface area contributed by atoms with E-state index in [0.29, 0.717) is 29.6 Å². The molecule has 0 fully saturated rings. The zero-order valence-corrected chi connectivity index (χ0v) is 13.2. The maximum Gasteiger partial charge on any atom is 0.253 e. The largest absolute Gasteiger partial charge is 0.374 e. The Morgan fingerprint density at radius 1 is 1.45 bits per heavy atom. The van der Waals surface area contributed by atoms with E-state index in [1.807, 2.05) is 27.7 Å². The maximum atomic E-state index is 12.2. The minimum absolute atomic E-state index is 0.232. The molecule has 0 aliphatic carbocycles. The first-order valence-electron chi connectivity index (χ1n) is 6.71. The third-order valence-electron chi connectivity index (χ3n) is 2.67. The monoisotopic (exact) mass is 299 g/mol. The molecule has 0 aromatic carbocycles. The highest BCUT2D eigenvalue weighted by molar-refractivity contribution is 6.33. The van der Waals surface area contributed by atoms with Crippen molar-refractivity contribution in [1.82, 2.24) is 10.3 Å². The number of amides is 1. The van der Waals surface area contributed by atoms with Crippen molar-refractivity contribution in [3.05, 3.63) is 22.8 Å². The van der Waals surface area contributed by atoms with Crippen LogP contribution < -0.4 is 10.6 Å². The lowest BCUT2D eigenvalue weighted by Gasteiger charge is -2.25. The molecule has 6 heteroatoms. The quantitative estimate of drug-likeness (QED) is 0.812. The zero-order chi connectivity index (χ0) is 15.2. The number of halogens is 1. The van der Waals surface area contributed by atoms with E-state index in [4.69, 9.17) is 16.3 Å². The number of nitrogens with zero attached hydrogens (tertiary/aromatic N) is 1. The van der Waals surface area contributed by atoms with Crippen LogP contribution in [0.25, 0.3) is 0 Å². The second-order valence-corrected chi connectivity index (χ2v) is 5.36. The van der Waals surface area contributed by atoms with Gasteiger partial charge in [0.05, 0.1) is 16.2 Å². The van der Waals surface area contributed by atoms with Gasteiger partial charge in [-0.05, 0) is 33.8 Å². The molecule has 112 valence electrons. The minimum Gasteiger partial charge on any atom is -0.374 e. The van der Waals surface area contributed by atoms with E-state index in [1.165, 1.54) is 6.20 Å². The van der Waals surface area contributed by atoms with Crippen LogP contribution in [0.1, 0.15) is 38.1 Å². The number of carbonyl (C=O) groups excluding carboxylic acids is 1. The molecule has 0 spiro atoms. The number of anilines is 1. The Morgan fingerprint density at radius 2 is 2.15 bits per heavy atom. The van der Waals surface area contributed by atoms with Crippen LogP contribution in [0.4, 0.5) is 5.82 Å². The number of nitrogens with one attached hydrogen (secondary N) is 2. The molecule has 0 unspecified atom stereocenters. The molecular formula is C14H22ClN3O2. The summed E-state index contributed by atoms with van der Waals surface area (Å²) < 4.78 is 5.54. The summed E-state index contributed by atoms with van der Waals surface area (Å²) in [6.45, 7) is 9.47. The summed E-state index contributed by atoms with van der Waals surface area (Å²) in [4.78, 5) is 16.3. The number of aromatic nitrogens is 1. The highest BCUT2D eigenvalue weighted by Crippen LogP contribution is 2.18. The standard InChI is InChI=1S/C14H22ClN3O2/c1-5-16-12-7-10(11(15)8-17-12)13(19)18-9-14(3,4)20-6-2/h7-8H,5-6,9H2,1-4H3,(H,16,17)(H,18,19). The van der Waals surface area contributed by atoms with E-state index < -0.39 is 5.60 Å². The van der Waals surface area contributed by atoms with Crippen molar-refractivity contribution >= 4 is 23.3 Å². The fourth-order valence-corrected chi connectivity index (χ4v) is 1.91. The SMILES string of the molecule is CCNc1cc(C(=O)NCC(C)(C)OCC)c(Cl)cn1.